The molecule has 0 bridgehead atoms. The van der Waals surface area contributed by atoms with Crippen LogP contribution in [0.3, 0.4) is 0 Å². The fourth-order valence-electron chi connectivity index (χ4n) is 2.01. The number of benzene rings is 1. The van der Waals surface area contributed by atoms with Gasteiger partial charge in [-0.05, 0) is 23.1 Å². The minimum Gasteiger partial charge on any atom is -0.387 e. The Morgan fingerprint density at radius 2 is 2.21 bits per heavy atom. The lowest BCUT2D eigenvalue weighted by molar-refractivity contribution is 0.177. The zero-order chi connectivity index (χ0) is 10.1. The Hall–Kier alpha value is -0.930. The zero-order valence-electron chi connectivity index (χ0n) is 8.13. The second kappa shape index (κ2) is 3.67. The number of nitrogens with one attached hydrogen (secondary N) is 1. The van der Waals surface area contributed by atoms with E-state index >= 15 is 0 Å². The summed E-state index contributed by atoms with van der Waals surface area (Å²) >= 11 is 0. The molecule has 1 heterocycles. The number of aliphatic hydroxyl groups excluding tert-OH is 1. The Morgan fingerprint density at radius 1 is 1.43 bits per heavy atom. The van der Waals surface area contributed by atoms with Gasteiger partial charge < -0.3 is 10.4 Å². The van der Waals surface area contributed by atoms with Crippen LogP contribution in [0.15, 0.2) is 18.2 Å². The molecule has 0 saturated carbocycles. The maximum atomic E-state index is 13.5. The number of rotatable bonds is 0. The third-order valence-electron chi connectivity index (χ3n) is 2.73. The lowest BCUT2D eigenvalue weighted by Crippen LogP contribution is -2.21. The van der Waals surface area contributed by atoms with Gasteiger partial charge in [-0.15, -0.1) is 0 Å². The smallest absolute Gasteiger partial charge is 0.127 e. The Kier molecular flexibility index (Phi) is 2.52. The van der Waals surface area contributed by atoms with E-state index in [4.69, 9.17) is 0 Å². The SMILES string of the molecule is CC1CNCC(O)c2cccc(F)c21. The monoisotopic (exact) mass is 195 g/mol. The van der Waals surface area contributed by atoms with Crippen LogP contribution in [0.1, 0.15) is 30.1 Å². The van der Waals surface area contributed by atoms with E-state index in [1.54, 1.807) is 12.1 Å². The predicted molar refractivity (Wildman–Crippen MR) is 52.6 cm³/mol. The number of aliphatic hydroxyl groups is 1. The normalized spacial score (nSPS) is 26.8. The van der Waals surface area contributed by atoms with Crippen LogP contribution in [-0.4, -0.2) is 18.2 Å². The summed E-state index contributed by atoms with van der Waals surface area (Å²) in [6, 6.07) is 4.90. The molecule has 2 rings (SSSR count). The maximum Gasteiger partial charge on any atom is 0.127 e. The van der Waals surface area contributed by atoms with Crippen molar-refractivity contribution >= 4 is 0 Å². The van der Waals surface area contributed by atoms with E-state index in [2.05, 4.69) is 5.32 Å². The third kappa shape index (κ3) is 1.53. The molecule has 1 aliphatic rings. The van der Waals surface area contributed by atoms with Gasteiger partial charge in [0, 0.05) is 13.1 Å². The first-order chi connectivity index (χ1) is 6.70. The minimum absolute atomic E-state index is 0.114. The Labute approximate surface area is 82.8 Å². The number of hydrogen-bond acceptors (Lipinski definition) is 2. The van der Waals surface area contributed by atoms with Gasteiger partial charge in [0.2, 0.25) is 0 Å². The van der Waals surface area contributed by atoms with Crippen LogP contribution >= 0.6 is 0 Å². The van der Waals surface area contributed by atoms with Gasteiger partial charge in [0.1, 0.15) is 5.82 Å². The highest BCUT2D eigenvalue weighted by atomic mass is 19.1. The van der Waals surface area contributed by atoms with Crippen LogP contribution < -0.4 is 5.32 Å². The summed E-state index contributed by atoms with van der Waals surface area (Å²) in [5.41, 5.74) is 1.38. The molecular formula is C11H14FNO. The summed E-state index contributed by atoms with van der Waals surface area (Å²) in [5, 5.41) is 12.9. The molecule has 1 aromatic carbocycles. The average molecular weight is 195 g/mol. The van der Waals surface area contributed by atoms with Crippen LogP contribution in [0.25, 0.3) is 0 Å². The second-order valence-corrected chi connectivity index (χ2v) is 3.82. The van der Waals surface area contributed by atoms with E-state index in [1.807, 2.05) is 6.92 Å². The van der Waals surface area contributed by atoms with E-state index in [0.717, 1.165) is 5.56 Å². The third-order valence-corrected chi connectivity index (χ3v) is 2.73. The number of β-amino-alcohol motifs (C(OH)–C–C–N with tert-alkyl or cyclic N) is 1. The van der Waals surface area contributed by atoms with Gasteiger partial charge in [0.15, 0.2) is 0 Å². The van der Waals surface area contributed by atoms with Gasteiger partial charge in [-0.1, -0.05) is 19.1 Å². The largest absolute Gasteiger partial charge is 0.387 e. The minimum atomic E-state index is -0.592. The van der Waals surface area contributed by atoms with Crippen molar-refractivity contribution in [3.8, 4) is 0 Å². The van der Waals surface area contributed by atoms with Crippen molar-refractivity contribution in [3.63, 3.8) is 0 Å². The van der Waals surface area contributed by atoms with Crippen LogP contribution in [0, 0.1) is 5.82 Å². The maximum absolute atomic E-state index is 13.5. The summed E-state index contributed by atoms with van der Waals surface area (Å²) in [6.07, 6.45) is -0.592. The first-order valence-corrected chi connectivity index (χ1v) is 4.87. The van der Waals surface area contributed by atoms with E-state index in [1.165, 1.54) is 6.07 Å². The number of halogens is 1. The topological polar surface area (TPSA) is 32.3 Å². The molecule has 1 aromatic rings. The highest BCUT2D eigenvalue weighted by Crippen LogP contribution is 2.29. The van der Waals surface area contributed by atoms with Crippen molar-refractivity contribution in [2.45, 2.75) is 18.9 Å². The lowest BCUT2D eigenvalue weighted by Gasteiger charge is -2.14. The molecule has 2 nitrogen and oxygen atoms in total. The molecule has 0 aromatic heterocycles. The van der Waals surface area contributed by atoms with Crippen molar-refractivity contribution < 1.29 is 9.50 Å². The van der Waals surface area contributed by atoms with E-state index in [9.17, 15) is 9.50 Å². The van der Waals surface area contributed by atoms with Crippen LogP contribution in [0.5, 0.6) is 0 Å². The molecule has 14 heavy (non-hydrogen) atoms. The molecule has 2 unspecified atom stereocenters. The summed E-state index contributed by atoms with van der Waals surface area (Å²) in [5.74, 6) is -0.0962. The predicted octanol–water partition coefficient (Wildman–Crippen LogP) is 1.57. The summed E-state index contributed by atoms with van der Waals surface area (Å²) in [6.45, 7) is 3.18. The molecule has 0 saturated heterocycles. The van der Waals surface area contributed by atoms with Crippen molar-refractivity contribution in [1.82, 2.24) is 5.32 Å². The van der Waals surface area contributed by atoms with Gasteiger partial charge >= 0.3 is 0 Å². The Balaban J connectivity index is 2.54. The first kappa shape index (κ1) is 9.62. The molecule has 0 amide bonds. The standard InChI is InChI=1S/C11H14FNO/c1-7-5-13-6-10(14)8-3-2-4-9(12)11(7)8/h2-4,7,10,13-14H,5-6H2,1H3. The van der Waals surface area contributed by atoms with Crippen molar-refractivity contribution in [3.05, 3.63) is 35.1 Å². The molecule has 2 atom stereocenters. The Bertz CT molecular complexity index is 340. The number of fused-ring (bicyclic) bond motifs is 1. The van der Waals surface area contributed by atoms with Gasteiger partial charge in [-0.3, -0.25) is 0 Å². The molecule has 0 radical (unpaired) electrons. The first-order valence-electron chi connectivity index (χ1n) is 4.87. The van der Waals surface area contributed by atoms with E-state index < -0.39 is 6.10 Å². The van der Waals surface area contributed by atoms with Crippen LogP contribution in [-0.2, 0) is 0 Å². The summed E-state index contributed by atoms with van der Waals surface area (Å²) < 4.78 is 13.5. The van der Waals surface area contributed by atoms with Gasteiger partial charge in [0.05, 0.1) is 6.10 Å². The molecule has 76 valence electrons. The van der Waals surface area contributed by atoms with Crippen molar-refractivity contribution in [1.29, 1.82) is 0 Å². The molecule has 0 spiro atoms. The van der Waals surface area contributed by atoms with E-state index in [-0.39, 0.29) is 11.7 Å². The highest BCUT2D eigenvalue weighted by molar-refractivity contribution is 5.34. The molecule has 0 aliphatic carbocycles. The number of hydrogen-bond donors (Lipinski definition) is 2. The van der Waals surface area contributed by atoms with Crippen LogP contribution in [0.4, 0.5) is 4.39 Å². The highest BCUT2D eigenvalue weighted by Gasteiger charge is 2.23. The zero-order valence-corrected chi connectivity index (χ0v) is 8.13. The molecule has 0 fully saturated rings. The van der Waals surface area contributed by atoms with E-state index in [0.29, 0.717) is 18.7 Å². The fraction of sp³-hybridized carbons (Fsp3) is 0.455. The van der Waals surface area contributed by atoms with Crippen molar-refractivity contribution in [2.75, 3.05) is 13.1 Å². The molecule has 1 aliphatic heterocycles. The van der Waals surface area contributed by atoms with Gasteiger partial charge in [-0.25, -0.2) is 4.39 Å². The molecule has 2 N–H and O–H groups in total. The van der Waals surface area contributed by atoms with Crippen LogP contribution in [0.2, 0.25) is 0 Å². The molecule has 3 heteroatoms. The Morgan fingerprint density at radius 3 is 3.00 bits per heavy atom. The van der Waals surface area contributed by atoms with Gasteiger partial charge in [-0.2, -0.15) is 0 Å². The fourth-order valence-corrected chi connectivity index (χ4v) is 2.01. The lowest BCUT2D eigenvalue weighted by atomic mass is 9.94. The quantitative estimate of drug-likeness (QED) is 0.658. The second-order valence-electron chi connectivity index (χ2n) is 3.82. The summed E-state index contributed by atoms with van der Waals surface area (Å²) in [7, 11) is 0. The van der Waals surface area contributed by atoms with Gasteiger partial charge in [0.25, 0.3) is 0 Å². The van der Waals surface area contributed by atoms with Crippen molar-refractivity contribution in [2.24, 2.45) is 0 Å². The summed E-state index contributed by atoms with van der Waals surface area (Å²) in [4.78, 5) is 0. The average Bonchev–Trinajstić information content (AvgIpc) is 2.29. The molecular weight excluding hydrogens is 181 g/mol.